The molecule has 35 heavy (non-hydrogen) atoms. The fraction of sp³-hybridized carbons (Fsp3) is 0.208. The molecule has 0 saturated carbocycles. The zero-order valence-electron chi connectivity index (χ0n) is 19.6. The Hall–Kier alpha value is -4.12. The Morgan fingerprint density at radius 3 is 2.31 bits per heavy atom. The van der Waals surface area contributed by atoms with Gasteiger partial charge in [-0.05, 0) is 70.2 Å². The molecule has 2 heterocycles. The maximum absolute atomic E-state index is 12.7. The monoisotopic (exact) mass is 496 g/mol. The molecule has 0 fully saturated rings. The first-order chi connectivity index (χ1) is 16.6. The van der Waals surface area contributed by atoms with Crippen molar-refractivity contribution in [2.24, 2.45) is 0 Å². The molecule has 0 aliphatic heterocycles. The molecule has 10 nitrogen and oxygen atoms in total. The molecule has 2 aromatic heterocycles. The van der Waals surface area contributed by atoms with Crippen LogP contribution in [0.5, 0.6) is 5.75 Å². The van der Waals surface area contributed by atoms with Crippen molar-refractivity contribution in [3.8, 4) is 5.75 Å². The van der Waals surface area contributed by atoms with Crippen LogP contribution in [0, 0.1) is 27.7 Å². The number of anilines is 2. The van der Waals surface area contributed by atoms with Crippen molar-refractivity contribution in [1.82, 2.24) is 10.3 Å². The van der Waals surface area contributed by atoms with Gasteiger partial charge in [-0.3, -0.25) is 4.79 Å². The predicted octanol–water partition coefficient (Wildman–Crippen LogP) is 4.53. The summed E-state index contributed by atoms with van der Waals surface area (Å²) in [6.45, 7) is 7.34. The fourth-order valence-electron chi connectivity index (χ4n) is 3.20. The fourth-order valence-corrected chi connectivity index (χ4v) is 4.25. The lowest BCUT2D eigenvalue weighted by molar-refractivity contribution is 0.102. The summed E-state index contributed by atoms with van der Waals surface area (Å²) >= 11 is 0. The molecule has 0 saturated heterocycles. The molecule has 11 heteroatoms. The van der Waals surface area contributed by atoms with Crippen LogP contribution in [0.25, 0.3) is 0 Å². The van der Waals surface area contributed by atoms with Crippen molar-refractivity contribution in [1.29, 1.82) is 0 Å². The Balaban J connectivity index is 1.41. The number of aromatic nitrogens is 2. The van der Waals surface area contributed by atoms with E-state index in [1.807, 2.05) is 13.8 Å². The molecule has 0 radical (unpaired) electrons. The number of nitrogens with zero attached hydrogens (tertiary/aromatic N) is 2. The van der Waals surface area contributed by atoms with Crippen LogP contribution in [0.3, 0.4) is 0 Å². The van der Waals surface area contributed by atoms with Gasteiger partial charge < -0.3 is 19.1 Å². The van der Waals surface area contributed by atoms with Crippen LogP contribution in [0.4, 0.5) is 11.6 Å². The van der Waals surface area contributed by atoms with E-state index in [1.54, 1.807) is 38.1 Å². The third-order valence-corrected chi connectivity index (χ3v) is 6.81. The summed E-state index contributed by atoms with van der Waals surface area (Å²) in [5, 5.41) is 10.4. The lowest BCUT2D eigenvalue weighted by Gasteiger charge is -2.10. The van der Waals surface area contributed by atoms with Crippen LogP contribution < -0.4 is 14.8 Å². The number of nitrogens with one attached hydrogen (secondary N) is 2. The van der Waals surface area contributed by atoms with Crippen molar-refractivity contribution < 1.29 is 27.0 Å². The Morgan fingerprint density at radius 1 is 0.971 bits per heavy atom. The van der Waals surface area contributed by atoms with E-state index in [2.05, 4.69) is 20.4 Å². The number of hydrogen-bond donors (Lipinski definition) is 2. The summed E-state index contributed by atoms with van der Waals surface area (Å²) in [6.07, 6.45) is 0. The van der Waals surface area contributed by atoms with E-state index in [4.69, 9.17) is 13.8 Å². The molecule has 2 aromatic carbocycles. The zero-order valence-corrected chi connectivity index (χ0v) is 20.4. The summed E-state index contributed by atoms with van der Waals surface area (Å²) in [7, 11) is -3.88. The van der Waals surface area contributed by atoms with E-state index in [0.717, 1.165) is 11.3 Å². The van der Waals surface area contributed by atoms with Gasteiger partial charge in [-0.15, -0.1) is 0 Å². The lowest BCUT2D eigenvalue weighted by Crippen LogP contribution is -2.14. The van der Waals surface area contributed by atoms with E-state index in [0.29, 0.717) is 34.0 Å². The first kappa shape index (κ1) is 24.0. The van der Waals surface area contributed by atoms with Crippen LogP contribution in [0.1, 0.15) is 38.6 Å². The Morgan fingerprint density at radius 2 is 1.69 bits per heavy atom. The second kappa shape index (κ2) is 9.63. The lowest BCUT2D eigenvalue weighted by atomic mass is 10.2. The highest BCUT2D eigenvalue weighted by Gasteiger charge is 2.19. The van der Waals surface area contributed by atoms with Crippen LogP contribution in [-0.4, -0.2) is 24.6 Å². The van der Waals surface area contributed by atoms with E-state index in [1.165, 1.54) is 24.3 Å². The zero-order chi connectivity index (χ0) is 25.2. The molecule has 4 rings (SSSR count). The Labute approximate surface area is 202 Å². The normalized spacial score (nSPS) is 11.3. The van der Waals surface area contributed by atoms with E-state index >= 15 is 0 Å². The third kappa shape index (κ3) is 5.35. The largest absolute Gasteiger partial charge is 0.489 e. The quantitative estimate of drug-likeness (QED) is 0.363. The maximum atomic E-state index is 12.7. The molecular formula is C24H24N4O6S. The van der Waals surface area contributed by atoms with Crippen LogP contribution >= 0.6 is 0 Å². The topological polar surface area (TPSA) is 137 Å². The minimum atomic E-state index is -3.88. The molecule has 182 valence electrons. The number of ether oxygens (including phenoxy) is 1. The average Bonchev–Trinajstić information content (AvgIpc) is 3.33. The summed E-state index contributed by atoms with van der Waals surface area (Å²) in [6, 6.07) is 12.5. The molecule has 1 amide bonds. The van der Waals surface area contributed by atoms with Gasteiger partial charge >= 0.3 is 0 Å². The van der Waals surface area contributed by atoms with E-state index < -0.39 is 10.0 Å². The van der Waals surface area contributed by atoms with Crippen molar-refractivity contribution in [2.75, 3.05) is 10.0 Å². The molecule has 0 aliphatic carbocycles. The molecular weight excluding hydrogens is 472 g/mol. The van der Waals surface area contributed by atoms with Crippen LogP contribution in [0.15, 0.2) is 62.5 Å². The van der Waals surface area contributed by atoms with Crippen molar-refractivity contribution in [2.45, 2.75) is 39.2 Å². The van der Waals surface area contributed by atoms with Gasteiger partial charge in [0.15, 0.2) is 0 Å². The predicted molar refractivity (Wildman–Crippen MR) is 128 cm³/mol. The highest BCUT2D eigenvalue weighted by Crippen LogP contribution is 2.23. The molecule has 0 spiro atoms. The number of amides is 1. The number of rotatable bonds is 8. The maximum Gasteiger partial charge on any atom is 0.264 e. The van der Waals surface area contributed by atoms with Gasteiger partial charge in [-0.2, -0.15) is 0 Å². The molecule has 0 unspecified atom stereocenters. The van der Waals surface area contributed by atoms with Gasteiger partial charge in [0.05, 0.1) is 21.8 Å². The van der Waals surface area contributed by atoms with E-state index in [9.17, 15) is 13.2 Å². The smallest absolute Gasteiger partial charge is 0.264 e. The van der Waals surface area contributed by atoms with Gasteiger partial charge in [0.25, 0.3) is 15.9 Å². The molecule has 0 bridgehead atoms. The number of carbonyl (C=O) groups is 1. The van der Waals surface area contributed by atoms with Gasteiger partial charge in [-0.1, -0.05) is 16.4 Å². The second-order valence-electron chi connectivity index (χ2n) is 7.93. The number of carbonyl (C=O) groups excluding carboxylic acids is 1. The summed E-state index contributed by atoms with van der Waals surface area (Å²) in [5.41, 5.74) is 3.63. The van der Waals surface area contributed by atoms with Gasteiger partial charge in [0.1, 0.15) is 18.1 Å². The van der Waals surface area contributed by atoms with Gasteiger partial charge in [0.2, 0.25) is 5.88 Å². The summed E-state index contributed by atoms with van der Waals surface area (Å²) in [4.78, 5) is 12.7. The molecule has 0 aliphatic rings. The number of benzene rings is 2. The minimum Gasteiger partial charge on any atom is -0.489 e. The molecule has 0 atom stereocenters. The first-order valence-electron chi connectivity index (χ1n) is 10.7. The Bertz CT molecular complexity index is 1450. The SMILES string of the molecule is Cc1noc(NS(=O)(=O)c2ccc(NC(=O)c3cccc(OCc4c(C)noc4C)c3)cc2)c1C. The van der Waals surface area contributed by atoms with E-state index in [-0.39, 0.29) is 23.3 Å². The third-order valence-electron chi connectivity index (χ3n) is 5.47. The van der Waals surface area contributed by atoms with Gasteiger partial charge in [0, 0.05) is 16.8 Å². The highest BCUT2D eigenvalue weighted by atomic mass is 32.2. The Kier molecular flexibility index (Phi) is 6.61. The van der Waals surface area contributed by atoms with Crippen molar-refractivity contribution in [3.05, 3.63) is 82.4 Å². The number of hydrogen-bond acceptors (Lipinski definition) is 8. The molecule has 2 N–H and O–H groups in total. The minimum absolute atomic E-state index is 0.0127. The van der Waals surface area contributed by atoms with Crippen LogP contribution in [0.2, 0.25) is 0 Å². The van der Waals surface area contributed by atoms with Gasteiger partial charge in [-0.25, -0.2) is 13.1 Å². The summed E-state index contributed by atoms with van der Waals surface area (Å²) in [5.74, 6) is 0.900. The molecule has 4 aromatic rings. The average molecular weight is 497 g/mol. The standard InChI is InChI=1S/C24H24N4O6S/c1-14-15(2)26-34-24(14)28-35(30,31)21-10-8-19(9-11-21)25-23(29)18-6-5-7-20(12-18)32-13-22-16(3)27-33-17(22)4/h5-12,28H,13H2,1-4H3,(H,25,29). The summed E-state index contributed by atoms with van der Waals surface area (Å²) < 4.78 is 43.6. The number of aryl methyl sites for hydroxylation is 3. The second-order valence-corrected chi connectivity index (χ2v) is 9.61. The van der Waals surface area contributed by atoms with Crippen molar-refractivity contribution >= 4 is 27.5 Å². The first-order valence-corrected chi connectivity index (χ1v) is 12.1. The van der Waals surface area contributed by atoms with Crippen LogP contribution in [-0.2, 0) is 16.6 Å². The van der Waals surface area contributed by atoms with Crippen molar-refractivity contribution in [3.63, 3.8) is 0 Å². The highest BCUT2D eigenvalue weighted by molar-refractivity contribution is 7.92. The number of sulfonamides is 1.